The largest absolute Gasteiger partial charge is 0.393 e. The summed E-state index contributed by atoms with van der Waals surface area (Å²) in [6, 6.07) is 5.01. The average molecular weight is 345 g/mol. The lowest BCUT2D eigenvalue weighted by atomic mass is 10.1. The first-order valence-electron chi connectivity index (χ1n) is 7.20. The van der Waals surface area contributed by atoms with Gasteiger partial charge in [0.05, 0.1) is 6.10 Å². The monoisotopic (exact) mass is 344 g/mol. The van der Waals surface area contributed by atoms with Gasteiger partial charge in [-0.05, 0) is 50.6 Å². The van der Waals surface area contributed by atoms with Gasteiger partial charge in [-0.2, -0.15) is 0 Å². The molecular weight excluding hydrogens is 323 g/mol. The van der Waals surface area contributed by atoms with Crippen LogP contribution in [0.1, 0.15) is 24.8 Å². The Balaban J connectivity index is 1.61. The van der Waals surface area contributed by atoms with E-state index >= 15 is 0 Å². The molecule has 5 heteroatoms. The number of likely N-dealkylation sites (tertiary alicyclic amines) is 1. The summed E-state index contributed by atoms with van der Waals surface area (Å²) in [5, 5.41) is 12.7. The standard InChI is InChI=1S/C15H22BrFN2O/c16-13-2-3-15(17)12(10-13)11-18-6-1-7-19-8-4-14(20)5-9-19/h2-3,10,14,18,20H,1,4-9,11H2. The molecule has 1 heterocycles. The van der Waals surface area contributed by atoms with Gasteiger partial charge < -0.3 is 15.3 Å². The fraction of sp³-hybridized carbons (Fsp3) is 0.600. The van der Waals surface area contributed by atoms with Crippen molar-refractivity contribution in [3.63, 3.8) is 0 Å². The summed E-state index contributed by atoms with van der Waals surface area (Å²) >= 11 is 3.35. The van der Waals surface area contributed by atoms with Crippen LogP contribution in [0.2, 0.25) is 0 Å². The van der Waals surface area contributed by atoms with Crippen LogP contribution in [0.3, 0.4) is 0 Å². The third-order valence-corrected chi connectivity index (χ3v) is 4.20. The number of hydrogen-bond acceptors (Lipinski definition) is 3. The molecule has 0 saturated carbocycles. The first-order chi connectivity index (χ1) is 9.65. The van der Waals surface area contributed by atoms with E-state index in [1.165, 1.54) is 6.07 Å². The Bertz CT molecular complexity index is 422. The van der Waals surface area contributed by atoms with Gasteiger partial charge in [0.15, 0.2) is 0 Å². The topological polar surface area (TPSA) is 35.5 Å². The van der Waals surface area contributed by atoms with E-state index in [4.69, 9.17) is 0 Å². The quantitative estimate of drug-likeness (QED) is 0.778. The number of hydrogen-bond donors (Lipinski definition) is 2. The van der Waals surface area contributed by atoms with Crippen LogP contribution in [-0.4, -0.2) is 42.3 Å². The zero-order valence-corrected chi connectivity index (χ0v) is 13.2. The average Bonchev–Trinajstić information content (AvgIpc) is 2.44. The second-order valence-corrected chi connectivity index (χ2v) is 6.25. The summed E-state index contributed by atoms with van der Waals surface area (Å²) in [7, 11) is 0. The number of piperidine rings is 1. The maximum atomic E-state index is 13.5. The molecular formula is C15H22BrFN2O. The Morgan fingerprint density at radius 3 is 2.85 bits per heavy atom. The van der Waals surface area contributed by atoms with Crippen LogP contribution in [0.15, 0.2) is 22.7 Å². The maximum absolute atomic E-state index is 13.5. The smallest absolute Gasteiger partial charge is 0.127 e. The zero-order chi connectivity index (χ0) is 14.4. The van der Waals surface area contributed by atoms with Gasteiger partial charge in [0.2, 0.25) is 0 Å². The number of rotatable bonds is 6. The molecule has 1 fully saturated rings. The number of aliphatic hydroxyl groups is 1. The molecule has 1 aliphatic heterocycles. The molecule has 0 aliphatic carbocycles. The molecule has 0 bridgehead atoms. The molecule has 1 aromatic carbocycles. The Morgan fingerprint density at radius 2 is 2.10 bits per heavy atom. The van der Waals surface area contributed by atoms with Crippen molar-refractivity contribution < 1.29 is 9.50 Å². The fourth-order valence-electron chi connectivity index (χ4n) is 2.47. The molecule has 0 atom stereocenters. The number of nitrogens with one attached hydrogen (secondary N) is 1. The van der Waals surface area contributed by atoms with Crippen molar-refractivity contribution in [3.8, 4) is 0 Å². The Labute approximate surface area is 128 Å². The maximum Gasteiger partial charge on any atom is 0.127 e. The highest BCUT2D eigenvalue weighted by molar-refractivity contribution is 9.10. The van der Waals surface area contributed by atoms with Gasteiger partial charge in [-0.15, -0.1) is 0 Å². The van der Waals surface area contributed by atoms with Crippen LogP contribution in [0.5, 0.6) is 0 Å². The summed E-state index contributed by atoms with van der Waals surface area (Å²) in [6.07, 6.45) is 2.71. The van der Waals surface area contributed by atoms with Gasteiger partial charge in [0.25, 0.3) is 0 Å². The second-order valence-electron chi connectivity index (χ2n) is 5.34. The van der Waals surface area contributed by atoms with Crippen molar-refractivity contribution in [2.24, 2.45) is 0 Å². The van der Waals surface area contributed by atoms with E-state index in [2.05, 4.69) is 26.1 Å². The Hall–Kier alpha value is -0.490. The van der Waals surface area contributed by atoms with E-state index in [1.807, 2.05) is 6.07 Å². The highest BCUT2D eigenvalue weighted by Gasteiger charge is 2.15. The SMILES string of the molecule is OC1CCN(CCCNCc2cc(Br)ccc2F)CC1. The van der Waals surface area contributed by atoms with E-state index in [1.54, 1.807) is 6.07 Å². The van der Waals surface area contributed by atoms with E-state index in [0.29, 0.717) is 12.1 Å². The predicted molar refractivity (Wildman–Crippen MR) is 82.1 cm³/mol. The molecule has 0 spiro atoms. The first kappa shape index (κ1) is 15.9. The number of nitrogens with zero attached hydrogens (tertiary/aromatic N) is 1. The lowest BCUT2D eigenvalue weighted by Gasteiger charge is -2.29. The van der Waals surface area contributed by atoms with Crippen LogP contribution in [0.4, 0.5) is 4.39 Å². The molecule has 1 aliphatic rings. The minimum absolute atomic E-state index is 0.108. The van der Waals surface area contributed by atoms with Crippen LogP contribution < -0.4 is 5.32 Å². The summed E-state index contributed by atoms with van der Waals surface area (Å²) in [5.74, 6) is -0.161. The molecule has 20 heavy (non-hydrogen) atoms. The summed E-state index contributed by atoms with van der Waals surface area (Å²) in [6.45, 7) is 4.46. The molecule has 0 aromatic heterocycles. The molecule has 1 aromatic rings. The molecule has 0 radical (unpaired) electrons. The van der Waals surface area contributed by atoms with Gasteiger partial charge in [-0.1, -0.05) is 15.9 Å². The Kier molecular flexibility index (Phi) is 6.42. The van der Waals surface area contributed by atoms with E-state index in [9.17, 15) is 9.50 Å². The van der Waals surface area contributed by atoms with Crippen molar-refractivity contribution in [2.75, 3.05) is 26.2 Å². The highest BCUT2D eigenvalue weighted by Crippen LogP contribution is 2.15. The van der Waals surface area contributed by atoms with Crippen LogP contribution >= 0.6 is 15.9 Å². The van der Waals surface area contributed by atoms with Gasteiger partial charge >= 0.3 is 0 Å². The molecule has 2 N–H and O–H groups in total. The van der Waals surface area contributed by atoms with E-state index in [0.717, 1.165) is 49.9 Å². The summed E-state index contributed by atoms with van der Waals surface area (Å²) in [5.41, 5.74) is 0.695. The van der Waals surface area contributed by atoms with Crippen LogP contribution in [0.25, 0.3) is 0 Å². The number of benzene rings is 1. The normalized spacial score (nSPS) is 17.6. The van der Waals surface area contributed by atoms with Crippen LogP contribution in [-0.2, 0) is 6.54 Å². The minimum Gasteiger partial charge on any atom is -0.393 e. The molecule has 2 rings (SSSR count). The van der Waals surface area contributed by atoms with Crippen molar-refractivity contribution in [1.29, 1.82) is 0 Å². The molecule has 3 nitrogen and oxygen atoms in total. The van der Waals surface area contributed by atoms with Crippen LogP contribution in [0, 0.1) is 5.82 Å². The summed E-state index contributed by atoms with van der Waals surface area (Å²) < 4.78 is 14.4. The minimum atomic E-state index is -0.161. The lowest BCUT2D eigenvalue weighted by Crippen LogP contribution is -2.37. The van der Waals surface area contributed by atoms with Gasteiger partial charge in [-0.3, -0.25) is 0 Å². The number of halogens is 2. The third-order valence-electron chi connectivity index (χ3n) is 3.71. The molecule has 0 unspecified atom stereocenters. The third kappa shape index (κ3) is 5.13. The number of aliphatic hydroxyl groups excluding tert-OH is 1. The molecule has 112 valence electrons. The van der Waals surface area contributed by atoms with E-state index in [-0.39, 0.29) is 11.9 Å². The highest BCUT2D eigenvalue weighted by atomic mass is 79.9. The van der Waals surface area contributed by atoms with Crippen molar-refractivity contribution >= 4 is 15.9 Å². The zero-order valence-electron chi connectivity index (χ0n) is 11.6. The summed E-state index contributed by atoms with van der Waals surface area (Å²) in [4.78, 5) is 2.38. The second kappa shape index (κ2) is 8.08. The van der Waals surface area contributed by atoms with Crippen molar-refractivity contribution in [1.82, 2.24) is 10.2 Å². The van der Waals surface area contributed by atoms with Crippen molar-refractivity contribution in [2.45, 2.75) is 31.9 Å². The van der Waals surface area contributed by atoms with E-state index < -0.39 is 0 Å². The first-order valence-corrected chi connectivity index (χ1v) is 7.99. The Morgan fingerprint density at radius 1 is 1.35 bits per heavy atom. The van der Waals surface area contributed by atoms with Gasteiger partial charge in [0, 0.05) is 29.7 Å². The molecule has 1 saturated heterocycles. The van der Waals surface area contributed by atoms with Crippen molar-refractivity contribution in [3.05, 3.63) is 34.1 Å². The lowest BCUT2D eigenvalue weighted by molar-refractivity contribution is 0.0821. The molecule has 0 amide bonds. The fourth-order valence-corrected chi connectivity index (χ4v) is 2.88. The van der Waals surface area contributed by atoms with Gasteiger partial charge in [0.1, 0.15) is 5.82 Å². The van der Waals surface area contributed by atoms with Gasteiger partial charge in [-0.25, -0.2) is 4.39 Å². The predicted octanol–water partition coefficient (Wildman–Crippen LogP) is 2.52.